The first-order valence-electron chi connectivity index (χ1n) is 4.88. The molecule has 0 unspecified atom stereocenters. The average Bonchev–Trinajstić information content (AvgIpc) is 2.26. The fraction of sp³-hybridized carbons (Fsp3) is 0.250. The zero-order valence-corrected chi connectivity index (χ0v) is 8.23. The highest BCUT2D eigenvalue weighted by Gasteiger charge is 1.96. The second-order valence-electron chi connectivity index (χ2n) is 3.22. The third kappa shape index (κ3) is 1.84. The monoisotopic (exact) mass is 187 g/mol. The molecular formula is C12H13NO. The van der Waals surface area contributed by atoms with Crippen LogP contribution in [0.3, 0.4) is 0 Å². The molecule has 0 saturated heterocycles. The van der Waals surface area contributed by atoms with Crippen LogP contribution in [0.2, 0.25) is 0 Å². The highest BCUT2D eigenvalue weighted by Crippen LogP contribution is 2.17. The van der Waals surface area contributed by atoms with Gasteiger partial charge in [-0.2, -0.15) is 0 Å². The first-order valence-corrected chi connectivity index (χ1v) is 4.88. The Morgan fingerprint density at radius 1 is 1.21 bits per heavy atom. The molecule has 0 saturated carbocycles. The van der Waals surface area contributed by atoms with Crippen LogP contribution in [0, 0.1) is 0 Å². The standard InChI is InChI=1S/C12H13NO/c1-2-7-14-12-8-10-5-3-4-6-11(10)9-13-12/h3-6,8-9H,2,7H2,1H3. The van der Waals surface area contributed by atoms with Gasteiger partial charge in [-0.05, 0) is 11.8 Å². The molecule has 0 amide bonds. The molecule has 2 heteroatoms. The van der Waals surface area contributed by atoms with Gasteiger partial charge in [0.15, 0.2) is 0 Å². The van der Waals surface area contributed by atoms with E-state index in [0.29, 0.717) is 5.88 Å². The molecular weight excluding hydrogens is 174 g/mol. The minimum Gasteiger partial charge on any atom is -0.478 e. The van der Waals surface area contributed by atoms with Crippen LogP contribution >= 0.6 is 0 Å². The van der Waals surface area contributed by atoms with Crippen molar-refractivity contribution in [3.63, 3.8) is 0 Å². The van der Waals surface area contributed by atoms with E-state index in [1.54, 1.807) is 0 Å². The highest BCUT2D eigenvalue weighted by atomic mass is 16.5. The van der Waals surface area contributed by atoms with Crippen molar-refractivity contribution in [1.82, 2.24) is 4.98 Å². The number of aromatic nitrogens is 1. The van der Waals surface area contributed by atoms with Crippen molar-refractivity contribution in [1.29, 1.82) is 0 Å². The predicted molar refractivity (Wildman–Crippen MR) is 57.5 cm³/mol. The van der Waals surface area contributed by atoms with Crippen molar-refractivity contribution >= 4 is 10.8 Å². The maximum Gasteiger partial charge on any atom is 0.213 e. The van der Waals surface area contributed by atoms with Crippen LogP contribution in [0.1, 0.15) is 13.3 Å². The van der Waals surface area contributed by atoms with Gasteiger partial charge in [0.2, 0.25) is 5.88 Å². The molecule has 0 N–H and O–H groups in total. The minimum atomic E-state index is 0.713. The van der Waals surface area contributed by atoms with Crippen molar-refractivity contribution in [2.45, 2.75) is 13.3 Å². The lowest BCUT2D eigenvalue weighted by Gasteiger charge is -2.03. The number of nitrogens with zero attached hydrogens (tertiary/aromatic N) is 1. The Morgan fingerprint density at radius 2 is 2.00 bits per heavy atom. The molecule has 2 aromatic rings. The fourth-order valence-corrected chi connectivity index (χ4v) is 1.35. The smallest absolute Gasteiger partial charge is 0.213 e. The molecule has 0 fully saturated rings. The number of rotatable bonds is 3. The van der Waals surface area contributed by atoms with Gasteiger partial charge in [-0.3, -0.25) is 0 Å². The summed E-state index contributed by atoms with van der Waals surface area (Å²) in [6, 6.07) is 10.1. The number of hydrogen-bond donors (Lipinski definition) is 0. The minimum absolute atomic E-state index is 0.713. The molecule has 0 atom stereocenters. The quantitative estimate of drug-likeness (QED) is 0.736. The Morgan fingerprint density at radius 3 is 2.79 bits per heavy atom. The van der Waals surface area contributed by atoms with E-state index in [9.17, 15) is 0 Å². The number of hydrogen-bond acceptors (Lipinski definition) is 2. The normalized spacial score (nSPS) is 10.4. The molecule has 14 heavy (non-hydrogen) atoms. The lowest BCUT2D eigenvalue weighted by Crippen LogP contribution is -1.96. The third-order valence-corrected chi connectivity index (χ3v) is 2.06. The largest absolute Gasteiger partial charge is 0.478 e. The third-order valence-electron chi connectivity index (χ3n) is 2.06. The molecule has 0 aliphatic rings. The Labute approximate surface area is 83.5 Å². The first-order chi connectivity index (χ1) is 6.90. The predicted octanol–water partition coefficient (Wildman–Crippen LogP) is 3.02. The van der Waals surface area contributed by atoms with E-state index in [0.717, 1.165) is 18.4 Å². The Bertz CT molecular complexity index is 425. The van der Waals surface area contributed by atoms with Gasteiger partial charge >= 0.3 is 0 Å². The maximum absolute atomic E-state index is 5.45. The van der Waals surface area contributed by atoms with Crippen LogP contribution < -0.4 is 4.74 Å². The Kier molecular flexibility index (Phi) is 2.63. The first kappa shape index (κ1) is 9.00. The molecule has 2 rings (SSSR count). The van der Waals surface area contributed by atoms with Crippen LogP contribution in [-0.4, -0.2) is 11.6 Å². The molecule has 0 bridgehead atoms. The molecule has 0 spiro atoms. The summed E-state index contributed by atoms with van der Waals surface area (Å²) in [4.78, 5) is 4.22. The van der Waals surface area contributed by atoms with E-state index >= 15 is 0 Å². The van der Waals surface area contributed by atoms with Gasteiger partial charge in [-0.25, -0.2) is 4.98 Å². The van der Waals surface area contributed by atoms with Gasteiger partial charge in [0.05, 0.1) is 6.61 Å². The summed E-state index contributed by atoms with van der Waals surface area (Å²) in [5.41, 5.74) is 0. The zero-order valence-electron chi connectivity index (χ0n) is 8.23. The fourth-order valence-electron chi connectivity index (χ4n) is 1.35. The van der Waals surface area contributed by atoms with Crippen LogP contribution in [0.25, 0.3) is 10.8 Å². The summed E-state index contributed by atoms with van der Waals surface area (Å²) >= 11 is 0. The highest BCUT2D eigenvalue weighted by molar-refractivity contribution is 5.82. The van der Waals surface area contributed by atoms with Crippen molar-refractivity contribution in [3.05, 3.63) is 36.5 Å². The molecule has 1 aromatic carbocycles. The number of pyridine rings is 1. The second-order valence-corrected chi connectivity index (χ2v) is 3.22. The van der Waals surface area contributed by atoms with Crippen LogP contribution in [0.15, 0.2) is 36.5 Å². The summed E-state index contributed by atoms with van der Waals surface area (Å²) in [7, 11) is 0. The second kappa shape index (κ2) is 4.09. The summed E-state index contributed by atoms with van der Waals surface area (Å²) in [5.74, 6) is 0.713. The molecule has 1 heterocycles. The van der Waals surface area contributed by atoms with Crippen LogP contribution in [0.4, 0.5) is 0 Å². The van der Waals surface area contributed by atoms with E-state index < -0.39 is 0 Å². The Balaban J connectivity index is 2.32. The lowest BCUT2D eigenvalue weighted by molar-refractivity contribution is 0.306. The maximum atomic E-state index is 5.45. The van der Waals surface area contributed by atoms with Gasteiger partial charge in [-0.15, -0.1) is 0 Å². The molecule has 1 aromatic heterocycles. The van der Waals surface area contributed by atoms with Crippen LogP contribution in [0.5, 0.6) is 5.88 Å². The molecule has 0 radical (unpaired) electrons. The van der Waals surface area contributed by atoms with Gasteiger partial charge in [0.25, 0.3) is 0 Å². The summed E-state index contributed by atoms with van der Waals surface area (Å²) in [6.45, 7) is 2.81. The molecule has 2 nitrogen and oxygen atoms in total. The van der Waals surface area contributed by atoms with Crippen molar-refractivity contribution in [2.75, 3.05) is 6.61 Å². The number of ether oxygens (including phenoxy) is 1. The number of fused-ring (bicyclic) bond motifs is 1. The van der Waals surface area contributed by atoms with Gasteiger partial charge in [-0.1, -0.05) is 31.2 Å². The van der Waals surface area contributed by atoms with E-state index in [4.69, 9.17) is 4.74 Å². The molecule has 0 aliphatic carbocycles. The Hall–Kier alpha value is -1.57. The van der Waals surface area contributed by atoms with Gasteiger partial charge < -0.3 is 4.74 Å². The lowest BCUT2D eigenvalue weighted by atomic mass is 10.2. The number of benzene rings is 1. The zero-order chi connectivity index (χ0) is 9.80. The van der Waals surface area contributed by atoms with E-state index in [-0.39, 0.29) is 0 Å². The topological polar surface area (TPSA) is 22.1 Å². The van der Waals surface area contributed by atoms with E-state index in [1.807, 2.05) is 30.5 Å². The van der Waals surface area contributed by atoms with E-state index in [1.165, 1.54) is 5.39 Å². The summed E-state index contributed by atoms with van der Waals surface area (Å²) in [5, 5.41) is 2.32. The van der Waals surface area contributed by atoms with Crippen LogP contribution in [-0.2, 0) is 0 Å². The molecule has 72 valence electrons. The van der Waals surface area contributed by atoms with E-state index in [2.05, 4.69) is 18.0 Å². The van der Waals surface area contributed by atoms with Crippen molar-refractivity contribution in [3.8, 4) is 5.88 Å². The van der Waals surface area contributed by atoms with Gasteiger partial charge in [0, 0.05) is 17.6 Å². The van der Waals surface area contributed by atoms with Crippen molar-refractivity contribution < 1.29 is 4.74 Å². The van der Waals surface area contributed by atoms with Gasteiger partial charge in [0.1, 0.15) is 0 Å². The summed E-state index contributed by atoms with van der Waals surface area (Å²) in [6.07, 6.45) is 2.86. The SMILES string of the molecule is CCCOc1cc2ccccc2cn1. The van der Waals surface area contributed by atoms with Crippen molar-refractivity contribution in [2.24, 2.45) is 0 Å². The summed E-state index contributed by atoms with van der Waals surface area (Å²) < 4.78 is 5.45. The molecule has 0 aliphatic heterocycles. The average molecular weight is 187 g/mol.